The zero-order valence-electron chi connectivity index (χ0n) is 15.8. The van der Waals surface area contributed by atoms with E-state index in [4.69, 9.17) is 15.8 Å². The third kappa shape index (κ3) is 7.85. The Kier molecular flexibility index (Phi) is 12.2. The maximum atomic E-state index is 13.0. The lowest BCUT2D eigenvalue weighted by molar-refractivity contribution is -0.147. The molecule has 2 rings (SSSR count). The van der Waals surface area contributed by atoms with Crippen molar-refractivity contribution in [2.45, 2.75) is 50.5 Å². The molecule has 28 heavy (non-hydrogen) atoms. The summed E-state index contributed by atoms with van der Waals surface area (Å²) in [4.78, 5) is 14.0. The lowest BCUT2D eigenvalue weighted by Crippen LogP contribution is -2.56. The molecule has 5 N–H and O–H groups in total. The van der Waals surface area contributed by atoms with Crippen LogP contribution in [0.2, 0.25) is 6.32 Å². The minimum atomic E-state index is -1.36. The largest absolute Gasteiger partial charge is 0.480 e. The Morgan fingerprint density at radius 1 is 1.18 bits per heavy atom. The third-order valence-electron chi connectivity index (χ3n) is 5.34. The van der Waals surface area contributed by atoms with Gasteiger partial charge < -0.3 is 20.9 Å². The summed E-state index contributed by atoms with van der Waals surface area (Å²) < 4.78 is 13.0. The van der Waals surface area contributed by atoms with Gasteiger partial charge in [0.2, 0.25) is 0 Å². The molecule has 0 aliphatic carbocycles. The van der Waals surface area contributed by atoms with Crippen molar-refractivity contribution in [2.24, 2.45) is 11.7 Å². The Balaban J connectivity index is 0.00000364. The molecule has 6 nitrogen and oxygen atoms in total. The van der Waals surface area contributed by atoms with Gasteiger partial charge in [-0.25, -0.2) is 4.39 Å². The Labute approximate surface area is 178 Å². The first kappa shape index (κ1) is 27.1. The van der Waals surface area contributed by atoms with Gasteiger partial charge in [0.25, 0.3) is 0 Å². The monoisotopic (exact) mass is 438 g/mol. The lowest BCUT2D eigenvalue weighted by atomic mass is 9.74. The molecule has 0 radical (unpaired) electrons. The van der Waals surface area contributed by atoms with E-state index in [0.29, 0.717) is 38.6 Å². The van der Waals surface area contributed by atoms with Crippen LogP contribution in [0.3, 0.4) is 0 Å². The number of carbonyl (C=O) groups is 1. The Bertz CT molecular complexity index is 589. The normalized spacial score (nSPS) is 17.1. The number of hydrogen-bond acceptors (Lipinski definition) is 5. The van der Waals surface area contributed by atoms with Gasteiger partial charge in [0.15, 0.2) is 0 Å². The third-order valence-corrected chi connectivity index (χ3v) is 5.34. The van der Waals surface area contributed by atoms with Gasteiger partial charge in [-0.1, -0.05) is 25.0 Å². The number of nitrogens with two attached hydrogens (primary N) is 1. The van der Waals surface area contributed by atoms with Crippen molar-refractivity contribution in [3.8, 4) is 0 Å². The van der Waals surface area contributed by atoms with Gasteiger partial charge in [0.05, 0.1) is 0 Å². The molecule has 0 aromatic heterocycles. The molecule has 1 aromatic rings. The molecule has 1 heterocycles. The van der Waals surface area contributed by atoms with Crippen LogP contribution in [0.4, 0.5) is 4.39 Å². The molecule has 1 aliphatic rings. The van der Waals surface area contributed by atoms with Crippen molar-refractivity contribution < 1.29 is 24.3 Å². The Hall–Kier alpha value is -0.895. The van der Waals surface area contributed by atoms with E-state index >= 15 is 0 Å². The van der Waals surface area contributed by atoms with Crippen LogP contribution in [-0.2, 0) is 11.3 Å². The average molecular weight is 439 g/mol. The smallest absolute Gasteiger partial charge is 0.451 e. The molecule has 160 valence electrons. The first-order chi connectivity index (χ1) is 12.3. The first-order valence-electron chi connectivity index (χ1n) is 9.16. The molecule has 0 saturated carbocycles. The van der Waals surface area contributed by atoms with E-state index in [-0.39, 0.29) is 42.9 Å². The highest BCUT2D eigenvalue weighted by atomic mass is 35.5. The van der Waals surface area contributed by atoms with Crippen LogP contribution in [0.25, 0.3) is 0 Å². The summed E-state index contributed by atoms with van der Waals surface area (Å²) in [5.41, 5.74) is 6.02. The van der Waals surface area contributed by atoms with Gasteiger partial charge in [0, 0.05) is 6.54 Å². The number of nitrogens with zero attached hydrogens (tertiary/aromatic N) is 1. The fourth-order valence-electron chi connectivity index (χ4n) is 3.68. The van der Waals surface area contributed by atoms with Crippen molar-refractivity contribution in [3.05, 3.63) is 35.6 Å². The molecule has 1 unspecified atom stereocenters. The standard InChI is InChI=1S/C18H28BFN2O4.2ClH/c20-16-5-3-14(4-6-16)13-22-11-7-15(8-12-22)18(21,17(23)24)9-1-2-10-19(25)26;;/h3-6,15,25-26H,1-2,7-13,21H2,(H,23,24);2*1H. The molecule has 1 aromatic carbocycles. The number of aliphatic carboxylic acids is 1. The zero-order chi connectivity index (χ0) is 19.2. The highest BCUT2D eigenvalue weighted by Crippen LogP contribution is 2.31. The summed E-state index contributed by atoms with van der Waals surface area (Å²) >= 11 is 0. The summed E-state index contributed by atoms with van der Waals surface area (Å²) in [5.74, 6) is -1.35. The lowest BCUT2D eigenvalue weighted by Gasteiger charge is -2.40. The van der Waals surface area contributed by atoms with Crippen LogP contribution >= 0.6 is 24.8 Å². The second-order valence-corrected chi connectivity index (χ2v) is 7.25. The fraction of sp³-hybridized carbons (Fsp3) is 0.611. The van der Waals surface area contributed by atoms with E-state index < -0.39 is 18.6 Å². The van der Waals surface area contributed by atoms with Crippen molar-refractivity contribution >= 4 is 37.9 Å². The number of hydrogen-bond donors (Lipinski definition) is 4. The summed E-state index contributed by atoms with van der Waals surface area (Å²) in [7, 11) is -1.36. The van der Waals surface area contributed by atoms with Gasteiger partial charge in [-0.05, 0) is 62.3 Å². The second-order valence-electron chi connectivity index (χ2n) is 7.25. The van der Waals surface area contributed by atoms with Crippen LogP contribution in [0.5, 0.6) is 0 Å². The SMILES string of the molecule is Cl.Cl.NC(CCCCB(O)O)(C(=O)O)C1CCN(Cc2ccc(F)cc2)CC1. The molecular formula is C18H30BCl2FN2O4. The molecular weight excluding hydrogens is 409 g/mol. The number of benzene rings is 1. The molecule has 0 spiro atoms. The van der Waals surface area contributed by atoms with E-state index in [2.05, 4.69) is 4.90 Å². The Morgan fingerprint density at radius 3 is 2.25 bits per heavy atom. The molecule has 10 heteroatoms. The molecule has 0 bridgehead atoms. The van der Waals surface area contributed by atoms with Gasteiger partial charge in [-0.2, -0.15) is 0 Å². The fourth-order valence-corrected chi connectivity index (χ4v) is 3.68. The molecule has 1 aliphatic heterocycles. The number of carboxylic acid groups (broad SMARTS) is 1. The van der Waals surface area contributed by atoms with E-state index in [9.17, 15) is 14.3 Å². The number of carboxylic acids is 1. The molecule has 1 fully saturated rings. The Morgan fingerprint density at radius 2 is 1.75 bits per heavy atom. The van der Waals surface area contributed by atoms with Crippen molar-refractivity contribution in [1.29, 1.82) is 0 Å². The van der Waals surface area contributed by atoms with E-state index in [0.717, 1.165) is 18.7 Å². The molecule has 1 atom stereocenters. The number of piperidine rings is 1. The maximum absolute atomic E-state index is 13.0. The topological polar surface area (TPSA) is 107 Å². The van der Waals surface area contributed by atoms with E-state index in [1.54, 1.807) is 12.1 Å². The number of rotatable bonds is 9. The van der Waals surface area contributed by atoms with Crippen LogP contribution in [0, 0.1) is 11.7 Å². The van der Waals surface area contributed by atoms with Crippen molar-refractivity contribution in [3.63, 3.8) is 0 Å². The predicted octanol–water partition coefficient (Wildman–Crippen LogP) is 2.31. The van der Waals surface area contributed by atoms with Crippen LogP contribution in [0.1, 0.15) is 37.7 Å². The van der Waals surface area contributed by atoms with Crippen molar-refractivity contribution in [1.82, 2.24) is 4.90 Å². The average Bonchev–Trinajstić information content (AvgIpc) is 2.61. The summed E-state index contributed by atoms with van der Waals surface area (Å²) in [6.07, 6.45) is 3.05. The molecule has 0 amide bonds. The van der Waals surface area contributed by atoms with Crippen LogP contribution < -0.4 is 5.73 Å². The van der Waals surface area contributed by atoms with Gasteiger partial charge in [0.1, 0.15) is 11.4 Å². The minimum Gasteiger partial charge on any atom is -0.480 e. The quantitative estimate of drug-likeness (QED) is 0.348. The number of unbranched alkanes of at least 4 members (excludes halogenated alkanes) is 1. The zero-order valence-corrected chi connectivity index (χ0v) is 17.4. The van der Waals surface area contributed by atoms with Crippen LogP contribution in [-0.4, -0.2) is 51.8 Å². The number of halogens is 3. The maximum Gasteiger partial charge on any atom is 0.451 e. The second kappa shape index (κ2) is 12.6. The van der Waals surface area contributed by atoms with Crippen molar-refractivity contribution in [2.75, 3.05) is 13.1 Å². The highest BCUT2D eigenvalue weighted by molar-refractivity contribution is 6.40. The van der Waals surface area contributed by atoms with Gasteiger partial charge in [-0.15, -0.1) is 24.8 Å². The predicted molar refractivity (Wildman–Crippen MR) is 112 cm³/mol. The summed E-state index contributed by atoms with van der Waals surface area (Å²) in [6, 6.07) is 6.42. The van der Waals surface area contributed by atoms with E-state index in [1.807, 2.05) is 0 Å². The highest BCUT2D eigenvalue weighted by Gasteiger charge is 2.42. The minimum absolute atomic E-state index is 0. The molecule has 1 saturated heterocycles. The van der Waals surface area contributed by atoms with Gasteiger partial charge in [-0.3, -0.25) is 9.69 Å². The summed E-state index contributed by atoms with van der Waals surface area (Å²) in [6.45, 7) is 2.22. The van der Waals surface area contributed by atoms with E-state index in [1.165, 1.54) is 12.1 Å². The summed E-state index contributed by atoms with van der Waals surface area (Å²) in [5, 5.41) is 27.4. The van der Waals surface area contributed by atoms with Crippen LogP contribution in [0.15, 0.2) is 24.3 Å². The van der Waals surface area contributed by atoms with Gasteiger partial charge >= 0.3 is 13.1 Å². The first-order valence-corrected chi connectivity index (χ1v) is 9.16. The number of likely N-dealkylation sites (tertiary alicyclic amines) is 1.